The standard InChI is InChI=1S/C14H10Cl2O4S/c15-10-3-1-2-9(6-10)8-21(19,20)11-4-5-13(16)12(7-11)14(17)18/h1-7H,8H2,(H,17,18). The summed E-state index contributed by atoms with van der Waals surface area (Å²) in [6.45, 7) is 0. The number of carbonyl (C=O) groups is 1. The summed E-state index contributed by atoms with van der Waals surface area (Å²) in [5.74, 6) is -1.55. The average molecular weight is 345 g/mol. The van der Waals surface area contributed by atoms with Crippen molar-refractivity contribution in [1.82, 2.24) is 0 Å². The zero-order valence-corrected chi connectivity index (χ0v) is 12.9. The van der Waals surface area contributed by atoms with Crippen LogP contribution in [0.2, 0.25) is 10.0 Å². The molecule has 0 aliphatic heterocycles. The summed E-state index contributed by atoms with van der Waals surface area (Å²) in [6.07, 6.45) is 0. The van der Waals surface area contributed by atoms with Gasteiger partial charge in [-0.2, -0.15) is 0 Å². The van der Waals surface area contributed by atoms with E-state index in [4.69, 9.17) is 28.3 Å². The Morgan fingerprint density at radius 3 is 2.43 bits per heavy atom. The molecule has 0 aliphatic rings. The first-order valence-corrected chi connectivity index (χ1v) is 8.20. The molecule has 4 nitrogen and oxygen atoms in total. The minimum atomic E-state index is -3.68. The van der Waals surface area contributed by atoms with E-state index in [1.165, 1.54) is 12.1 Å². The van der Waals surface area contributed by atoms with Gasteiger partial charge in [0.25, 0.3) is 0 Å². The Bertz CT molecular complexity index is 800. The van der Waals surface area contributed by atoms with Crippen molar-refractivity contribution in [3.63, 3.8) is 0 Å². The van der Waals surface area contributed by atoms with Crippen molar-refractivity contribution in [2.24, 2.45) is 0 Å². The van der Waals surface area contributed by atoms with Crippen LogP contribution in [0.15, 0.2) is 47.4 Å². The van der Waals surface area contributed by atoms with Crippen molar-refractivity contribution in [3.8, 4) is 0 Å². The summed E-state index contributed by atoms with van der Waals surface area (Å²) >= 11 is 11.5. The van der Waals surface area contributed by atoms with Crippen LogP contribution in [-0.4, -0.2) is 19.5 Å². The topological polar surface area (TPSA) is 71.4 Å². The first-order chi connectivity index (χ1) is 9.79. The van der Waals surface area contributed by atoms with E-state index in [9.17, 15) is 13.2 Å². The molecule has 0 radical (unpaired) electrons. The monoisotopic (exact) mass is 344 g/mol. The van der Waals surface area contributed by atoms with Gasteiger partial charge in [0.15, 0.2) is 9.84 Å². The second kappa shape index (κ2) is 6.05. The van der Waals surface area contributed by atoms with Crippen LogP contribution in [-0.2, 0) is 15.6 Å². The van der Waals surface area contributed by atoms with E-state index in [-0.39, 0.29) is 21.2 Å². The van der Waals surface area contributed by atoms with Gasteiger partial charge < -0.3 is 5.11 Å². The van der Waals surface area contributed by atoms with E-state index < -0.39 is 15.8 Å². The largest absolute Gasteiger partial charge is 0.478 e. The van der Waals surface area contributed by atoms with Crippen LogP contribution in [0.1, 0.15) is 15.9 Å². The molecule has 2 aromatic carbocycles. The Kier molecular flexibility index (Phi) is 4.56. The van der Waals surface area contributed by atoms with E-state index in [2.05, 4.69) is 0 Å². The Morgan fingerprint density at radius 1 is 1.10 bits per heavy atom. The normalized spacial score (nSPS) is 11.3. The van der Waals surface area contributed by atoms with Crippen LogP contribution >= 0.6 is 23.2 Å². The summed E-state index contributed by atoms with van der Waals surface area (Å²) < 4.78 is 24.6. The van der Waals surface area contributed by atoms with Crippen molar-refractivity contribution < 1.29 is 18.3 Å². The summed E-state index contributed by atoms with van der Waals surface area (Å²) in [7, 11) is -3.68. The molecule has 0 amide bonds. The highest BCUT2D eigenvalue weighted by Gasteiger charge is 2.19. The van der Waals surface area contributed by atoms with Crippen LogP contribution in [0, 0.1) is 0 Å². The SMILES string of the molecule is O=C(O)c1cc(S(=O)(=O)Cc2cccc(Cl)c2)ccc1Cl. The maximum atomic E-state index is 12.3. The molecule has 0 spiro atoms. The predicted molar refractivity (Wildman–Crippen MR) is 80.8 cm³/mol. The number of hydrogen-bond donors (Lipinski definition) is 1. The van der Waals surface area contributed by atoms with Crippen LogP contribution in [0.25, 0.3) is 0 Å². The second-order valence-corrected chi connectivity index (χ2v) is 7.17. The molecular formula is C14H10Cl2O4S. The summed E-state index contributed by atoms with van der Waals surface area (Å²) in [6, 6.07) is 10.1. The lowest BCUT2D eigenvalue weighted by atomic mass is 10.2. The third-order valence-corrected chi connectivity index (χ3v) is 5.02. The number of carboxylic acids is 1. The minimum Gasteiger partial charge on any atom is -0.478 e. The molecule has 7 heteroatoms. The number of sulfone groups is 1. The highest BCUT2D eigenvalue weighted by Crippen LogP contribution is 2.24. The molecule has 1 N–H and O–H groups in total. The molecule has 0 saturated heterocycles. The summed E-state index contributed by atoms with van der Waals surface area (Å²) in [4.78, 5) is 10.9. The van der Waals surface area contributed by atoms with Crippen molar-refractivity contribution in [2.75, 3.05) is 0 Å². The lowest BCUT2D eigenvalue weighted by molar-refractivity contribution is 0.0697. The third-order valence-electron chi connectivity index (χ3n) is 2.77. The van der Waals surface area contributed by atoms with Gasteiger partial charge in [-0.25, -0.2) is 13.2 Å². The predicted octanol–water partition coefficient (Wildman–Crippen LogP) is 3.67. The molecule has 21 heavy (non-hydrogen) atoms. The maximum Gasteiger partial charge on any atom is 0.337 e. The average Bonchev–Trinajstić information content (AvgIpc) is 2.38. The van der Waals surface area contributed by atoms with Crippen LogP contribution in [0.4, 0.5) is 0 Å². The Morgan fingerprint density at radius 2 is 1.81 bits per heavy atom. The zero-order valence-electron chi connectivity index (χ0n) is 10.6. The van der Waals surface area contributed by atoms with E-state index in [0.29, 0.717) is 10.6 Å². The third kappa shape index (κ3) is 3.75. The van der Waals surface area contributed by atoms with Gasteiger partial charge >= 0.3 is 5.97 Å². The van der Waals surface area contributed by atoms with Gasteiger partial charge in [-0.05, 0) is 35.9 Å². The van der Waals surface area contributed by atoms with Gasteiger partial charge in [-0.15, -0.1) is 0 Å². The van der Waals surface area contributed by atoms with Gasteiger partial charge in [-0.1, -0.05) is 35.3 Å². The molecule has 0 aliphatic carbocycles. The molecular weight excluding hydrogens is 335 g/mol. The van der Waals surface area contributed by atoms with Gasteiger partial charge in [0.2, 0.25) is 0 Å². The molecule has 0 aromatic heterocycles. The van der Waals surface area contributed by atoms with Gasteiger partial charge in [0.05, 0.1) is 21.2 Å². The van der Waals surface area contributed by atoms with Crippen LogP contribution in [0.5, 0.6) is 0 Å². The lowest BCUT2D eigenvalue weighted by Gasteiger charge is -2.07. The summed E-state index contributed by atoms with van der Waals surface area (Å²) in [5.41, 5.74) is 0.276. The van der Waals surface area contributed by atoms with E-state index in [1.54, 1.807) is 24.3 Å². The van der Waals surface area contributed by atoms with Crippen LogP contribution in [0.3, 0.4) is 0 Å². The summed E-state index contributed by atoms with van der Waals surface area (Å²) in [5, 5.41) is 9.41. The zero-order chi connectivity index (χ0) is 15.6. The Labute approximate surface area is 131 Å². The number of carboxylic acid groups (broad SMARTS) is 1. The molecule has 2 aromatic rings. The van der Waals surface area contributed by atoms with Gasteiger partial charge in [-0.3, -0.25) is 0 Å². The lowest BCUT2D eigenvalue weighted by Crippen LogP contribution is -2.07. The van der Waals surface area contributed by atoms with Gasteiger partial charge in [0.1, 0.15) is 0 Å². The molecule has 2 rings (SSSR count). The number of halogens is 2. The number of rotatable bonds is 4. The molecule has 110 valence electrons. The molecule has 0 heterocycles. The highest BCUT2D eigenvalue weighted by atomic mass is 35.5. The minimum absolute atomic E-state index is 0.00999. The van der Waals surface area contributed by atoms with Crippen molar-refractivity contribution >= 4 is 39.0 Å². The molecule has 0 bridgehead atoms. The number of hydrogen-bond acceptors (Lipinski definition) is 3. The molecule has 0 atom stereocenters. The van der Waals surface area contributed by atoms with E-state index in [0.717, 1.165) is 6.07 Å². The molecule has 0 saturated carbocycles. The molecule has 0 unspecified atom stereocenters. The highest BCUT2D eigenvalue weighted by molar-refractivity contribution is 7.90. The quantitative estimate of drug-likeness (QED) is 0.918. The fourth-order valence-electron chi connectivity index (χ4n) is 1.79. The fourth-order valence-corrected chi connectivity index (χ4v) is 3.56. The Balaban J connectivity index is 2.40. The fraction of sp³-hybridized carbons (Fsp3) is 0.0714. The van der Waals surface area contributed by atoms with Crippen LogP contribution < -0.4 is 0 Å². The first kappa shape index (κ1) is 15.8. The van der Waals surface area contributed by atoms with Crippen molar-refractivity contribution in [3.05, 3.63) is 63.6 Å². The second-order valence-electron chi connectivity index (χ2n) is 4.34. The van der Waals surface area contributed by atoms with Crippen molar-refractivity contribution in [2.45, 2.75) is 10.6 Å². The molecule has 0 fully saturated rings. The first-order valence-electron chi connectivity index (χ1n) is 5.79. The number of aromatic carboxylic acids is 1. The van der Waals surface area contributed by atoms with Crippen molar-refractivity contribution in [1.29, 1.82) is 0 Å². The van der Waals surface area contributed by atoms with E-state index in [1.807, 2.05) is 0 Å². The van der Waals surface area contributed by atoms with E-state index >= 15 is 0 Å². The number of benzene rings is 2. The smallest absolute Gasteiger partial charge is 0.337 e. The Hall–Kier alpha value is -1.56. The maximum absolute atomic E-state index is 12.3. The van der Waals surface area contributed by atoms with Gasteiger partial charge in [0, 0.05) is 5.02 Å².